The summed E-state index contributed by atoms with van der Waals surface area (Å²) in [5.74, 6) is 1.99. The van der Waals surface area contributed by atoms with Gasteiger partial charge < -0.3 is 15.4 Å². The van der Waals surface area contributed by atoms with Gasteiger partial charge in [-0.25, -0.2) is 0 Å². The van der Waals surface area contributed by atoms with Crippen molar-refractivity contribution in [2.45, 2.75) is 25.9 Å². The van der Waals surface area contributed by atoms with Gasteiger partial charge in [0.05, 0.1) is 12.3 Å². The number of aromatic nitrogens is 2. The molecule has 0 spiro atoms. The van der Waals surface area contributed by atoms with Crippen LogP contribution >= 0.6 is 11.8 Å². The second-order valence-corrected chi connectivity index (χ2v) is 5.95. The van der Waals surface area contributed by atoms with Crippen molar-refractivity contribution < 1.29 is 9.53 Å². The average molecular weight is 298 g/mol. The van der Waals surface area contributed by atoms with Gasteiger partial charge in [-0.05, 0) is 19.1 Å². The normalized spacial score (nSPS) is 18.4. The molecule has 0 radical (unpaired) electrons. The minimum Gasteiger partial charge on any atom is -0.396 e. The number of hydrogen-bond acceptors (Lipinski definition) is 5. The molecular formula is C13H22N4O2S. The molecule has 112 valence electrons. The van der Waals surface area contributed by atoms with Crippen LogP contribution in [0.25, 0.3) is 0 Å². The fourth-order valence-corrected chi connectivity index (χ4v) is 3.53. The first-order valence-corrected chi connectivity index (χ1v) is 8.03. The van der Waals surface area contributed by atoms with Gasteiger partial charge in [0.2, 0.25) is 0 Å². The number of nitrogens with two attached hydrogens (primary N) is 1. The minimum atomic E-state index is -0.0840. The molecule has 20 heavy (non-hydrogen) atoms. The predicted octanol–water partition coefficient (Wildman–Crippen LogP) is 1.08. The van der Waals surface area contributed by atoms with Crippen LogP contribution in [0.2, 0.25) is 0 Å². The molecule has 1 saturated heterocycles. The minimum absolute atomic E-state index is 0.0840. The van der Waals surface area contributed by atoms with Crippen molar-refractivity contribution in [3.8, 4) is 0 Å². The zero-order valence-electron chi connectivity index (χ0n) is 12.0. The average Bonchev–Trinajstić information content (AvgIpc) is 3.08. The lowest BCUT2D eigenvalue weighted by Crippen LogP contribution is -2.42. The maximum atomic E-state index is 12.7. The topological polar surface area (TPSA) is 73.4 Å². The van der Waals surface area contributed by atoms with Crippen molar-refractivity contribution in [1.82, 2.24) is 14.7 Å². The van der Waals surface area contributed by atoms with Crippen LogP contribution in [0.3, 0.4) is 0 Å². The molecule has 6 nitrogen and oxygen atoms in total. The molecule has 1 aliphatic heterocycles. The molecular weight excluding hydrogens is 276 g/mol. The molecule has 1 aromatic rings. The standard InChI is InChI=1S/C13H22N4O2S/c1-3-16-8-11(14)12(15-16)13(18)17(5-6-19-2)10-4-7-20-9-10/h8,10H,3-7,9,14H2,1-2H3. The van der Waals surface area contributed by atoms with E-state index in [9.17, 15) is 4.79 Å². The molecule has 0 bridgehead atoms. The fourth-order valence-electron chi connectivity index (χ4n) is 2.31. The lowest BCUT2D eigenvalue weighted by Gasteiger charge is -2.27. The van der Waals surface area contributed by atoms with Gasteiger partial charge in [-0.2, -0.15) is 16.9 Å². The molecule has 1 aliphatic rings. The number of methoxy groups -OCH3 is 1. The van der Waals surface area contributed by atoms with Gasteiger partial charge in [-0.15, -0.1) is 0 Å². The Kier molecular flexibility index (Phi) is 5.31. The van der Waals surface area contributed by atoms with Gasteiger partial charge in [0, 0.05) is 38.2 Å². The van der Waals surface area contributed by atoms with Crippen LogP contribution < -0.4 is 5.73 Å². The van der Waals surface area contributed by atoms with Gasteiger partial charge >= 0.3 is 0 Å². The van der Waals surface area contributed by atoms with Gasteiger partial charge in [0.25, 0.3) is 5.91 Å². The largest absolute Gasteiger partial charge is 0.396 e. The lowest BCUT2D eigenvalue weighted by atomic mass is 10.2. The van der Waals surface area contributed by atoms with Gasteiger partial charge in [0.15, 0.2) is 5.69 Å². The lowest BCUT2D eigenvalue weighted by molar-refractivity contribution is 0.0619. The van der Waals surface area contributed by atoms with Crippen LogP contribution in [0, 0.1) is 0 Å². The van der Waals surface area contributed by atoms with E-state index in [1.54, 1.807) is 18.0 Å². The SMILES string of the molecule is CCn1cc(N)c(C(=O)N(CCOC)C2CCSC2)n1. The Balaban J connectivity index is 2.17. The van der Waals surface area contributed by atoms with Gasteiger partial charge in [0.1, 0.15) is 0 Å². The fraction of sp³-hybridized carbons (Fsp3) is 0.692. The Bertz CT molecular complexity index is 457. The third-order valence-corrected chi connectivity index (χ3v) is 4.61. The first-order valence-electron chi connectivity index (χ1n) is 6.88. The van der Waals surface area contributed by atoms with Crippen molar-refractivity contribution in [1.29, 1.82) is 0 Å². The Morgan fingerprint density at radius 3 is 3.05 bits per heavy atom. The summed E-state index contributed by atoms with van der Waals surface area (Å²) < 4.78 is 6.81. The molecule has 2 rings (SSSR count). The number of carbonyl (C=O) groups excluding carboxylic acids is 1. The number of hydrogen-bond donors (Lipinski definition) is 1. The molecule has 0 saturated carbocycles. The molecule has 0 aliphatic carbocycles. The number of nitrogen functional groups attached to an aromatic ring is 1. The molecule has 0 aromatic carbocycles. The summed E-state index contributed by atoms with van der Waals surface area (Å²) in [6.07, 6.45) is 2.74. The summed E-state index contributed by atoms with van der Waals surface area (Å²) in [7, 11) is 1.65. The van der Waals surface area contributed by atoms with E-state index in [4.69, 9.17) is 10.5 Å². The number of thioether (sulfide) groups is 1. The zero-order valence-corrected chi connectivity index (χ0v) is 12.9. The van der Waals surface area contributed by atoms with Crippen molar-refractivity contribution in [2.24, 2.45) is 0 Å². The van der Waals surface area contributed by atoms with E-state index in [1.165, 1.54) is 0 Å². The van der Waals surface area contributed by atoms with Crippen molar-refractivity contribution in [2.75, 3.05) is 37.5 Å². The number of nitrogens with zero attached hydrogens (tertiary/aromatic N) is 3. The summed E-state index contributed by atoms with van der Waals surface area (Å²) >= 11 is 1.88. The summed E-state index contributed by atoms with van der Waals surface area (Å²) in [5.41, 5.74) is 6.73. The highest BCUT2D eigenvalue weighted by Gasteiger charge is 2.30. The summed E-state index contributed by atoms with van der Waals surface area (Å²) in [4.78, 5) is 14.6. The zero-order chi connectivity index (χ0) is 14.5. The Hall–Kier alpha value is -1.21. The quantitative estimate of drug-likeness (QED) is 0.850. The Labute approximate surface area is 123 Å². The Morgan fingerprint density at radius 1 is 1.70 bits per heavy atom. The highest BCUT2D eigenvalue weighted by atomic mass is 32.2. The van der Waals surface area contributed by atoms with Crippen LogP contribution in [-0.4, -0.2) is 58.4 Å². The van der Waals surface area contributed by atoms with Crippen LogP contribution in [0.4, 0.5) is 5.69 Å². The van der Waals surface area contributed by atoms with E-state index in [-0.39, 0.29) is 11.9 Å². The predicted molar refractivity (Wildman–Crippen MR) is 81.0 cm³/mol. The first-order chi connectivity index (χ1) is 9.67. The van der Waals surface area contributed by atoms with E-state index in [1.807, 2.05) is 23.6 Å². The molecule has 2 N–H and O–H groups in total. The van der Waals surface area contributed by atoms with Crippen molar-refractivity contribution in [3.63, 3.8) is 0 Å². The number of amides is 1. The molecule has 1 atom stereocenters. The molecule has 1 aromatic heterocycles. The molecule has 1 amide bonds. The third kappa shape index (κ3) is 3.27. The number of carbonyl (C=O) groups is 1. The van der Waals surface area contributed by atoms with E-state index in [0.29, 0.717) is 31.1 Å². The second-order valence-electron chi connectivity index (χ2n) is 4.80. The highest BCUT2D eigenvalue weighted by molar-refractivity contribution is 7.99. The van der Waals surface area contributed by atoms with Crippen LogP contribution in [0.1, 0.15) is 23.8 Å². The van der Waals surface area contributed by atoms with Crippen LogP contribution in [-0.2, 0) is 11.3 Å². The maximum absolute atomic E-state index is 12.7. The second kappa shape index (κ2) is 6.99. The summed E-state index contributed by atoms with van der Waals surface area (Å²) in [6, 6.07) is 0.258. The Morgan fingerprint density at radius 2 is 2.50 bits per heavy atom. The number of anilines is 1. The van der Waals surface area contributed by atoms with Gasteiger partial charge in [-0.1, -0.05) is 0 Å². The van der Waals surface area contributed by atoms with E-state index < -0.39 is 0 Å². The number of aryl methyl sites for hydroxylation is 1. The van der Waals surface area contributed by atoms with E-state index in [0.717, 1.165) is 17.9 Å². The first kappa shape index (κ1) is 15.2. The smallest absolute Gasteiger partial charge is 0.276 e. The van der Waals surface area contributed by atoms with Crippen LogP contribution in [0.5, 0.6) is 0 Å². The molecule has 2 heterocycles. The molecule has 1 unspecified atom stereocenters. The molecule has 7 heteroatoms. The van der Waals surface area contributed by atoms with Crippen molar-refractivity contribution in [3.05, 3.63) is 11.9 Å². The van der Waals surface area contributed by atoms with Crippen molar-refractivity contribution >= 4 is 23.4 Å². The van der Waals surface area contributed by atoms with E-state index in [2.05, 4.69) is 5.10 Å². The van der Waals surface area contributed by atoms with Crippen LogP contribution in [0.15, 0.2) is 6.20 Å². The van der Waals surface area contributed by atoms with E-state index >= 15 is 0 Å². The summed E-state index contributed by atoms with van der Waals surface area (Å²) in [5, 5.41) is 4.28. The van der Waals surface area contributed by atoms with Gasteiger partial charge in [-0.3, -0.25) is 9.48 Å². The monoisotopic (exact) mass is 298 g/mol. The summed E-state index contributed by atoms with van der Waals surface area (Å²) in [6.45, 7) is 3.78. The molecule has 1 fully saturated rings. The third-order valence-electron chi connectivity index (χ3n) is 3.46. The highest BCUT2D eigenvalue weighted by Crippen LogP contribution is 2.24. The maximum Gasteiger partial charge on any atom is 0.276 e. The number of rotatable bonds is 6. The number of ether oxygens (including phenoxy) is 1.